The first-order chi connectivity index (χ1) is 8.80. The number of halogens is 3. The van der Waals surface area contributed by atoms with E-state index in [2.05, 4.69) is 5.10 Å². The van der Waals surface area contributed by atoms with E-state index < -0.39 is 11.6 Å². The molecule has 1 aromatic heterocycles. The summed E-state index contributed by atoms with van der Waals surface area (Å²) >= 11 is -0.0446. The predicted molar refractivity (Wildman–Crippen MR) is 70.1 cm³/mol. The number of aryl methyl sites for hydroxylation is 2. The summed E-state index contributed by atoms with van der Waals surface area (Å²) in [6, 6.07) is 0. The summed E-state index contributed by atoms with van der Waals surface area (Å²) in [6.07, 6.45) is 0.658. The van der Waals surface area contributed by atoms with Crippen molar-refractivity contribution in [1.82, 2.24) is 9.78 Å². The van der Waals surface area contributed by atoms with Gasteiger partial charge in [-0.25, -0.2) is 0 Å². The van der Waals surface area contributed by atoms with E-state index in [1.807, 2.05) is 13.8 Å². The largest absolute Gasteiger partial charge is 0.441 e. The first-order valence-electron chi connectivity index (χ1n) is 6.27. The van der Waals surface area contributed by atoms with Gasteiger partial charge in [-0.1, -0.05) is 13.8 Å². The fourth-order valence-corrected chi connectivity index (χ4v) is 2.61. The zero-order chi connectivity index (χ0) is 14.6. The van der Waals surface area contributed by atoms with Crippen LogP contribution in [0.15, 0.2) is 0 Å². The molecule has 0 bridgehead atoms. The van der Waals surface area contributed by atoms with Gasteiger partial charge in [0.2, 0.25) is 0 Å². The Morgan fingerprint density at radius 3 is 2.37 bits per heavy atom. The second-order valence-electron chi connectivity index (χ2n) is 4.21. The second kappa shape index (κ2) is 6.65. The Balaban J connectivity index is 2.89. The SMILES string of the molecule is CCc1nn(CCSC(F)(F)F)c(CC)c1C(C)O. The summed E-state index contributed by atoms with van der Waals surface area (Å²) < 4.78 is 37.9. The number of aliphatic hydroxyl groups excluding tert-OH is 1. The number of aliphatic hydroxyl groups is 1. The van der Waals surface area contributed by atoms with Crippen LogP contribution in [0.3, 0.4) is 0 Å². The maximum atomic E-state index is 12.1. The van der Waals surface area contributed by atoms with Crippen molar-refractivity contribution in [2.75, 3.05) is 5.75 Å². The van der Waals surface area contributed by atoms with Crippen LogP contribution in [0.2, 0.25) is 0 Å². The number of nitrogens with zero attached hydrogens (tertiary/aromatic N) is 2. The molecular weight excluding hydrogens is 277 g/mol. The fourth-order valence-electron chi connectivity index (χ4n) is 2.11. The molecule has 0 saturated carbocycles. The topological polar surface area (TPSA) is 38.0 Å². The minimum Gasteiger partial charge on any atom is -0.389 e. The molecule has 0 spiro atoms. The third-order valence-corrected chi connectivity index (χ3v) is 3.55. The quantitative estimate of drug-likeness (QED) is 0.875. The summed E-state index contributed by atoms with van der Waals surface area (Å²) in [7, 11) is 0. The van der Waals surface area contributed by atoms with E-state index in [0.717, 1.165) is 17.0 Å². The van der Waals surface area contributed by atoms with Gasteiger partial charge in [-0.05, 0) is 31.5 Å². The van der Waals surface area contributed by atoms with Crippen LogP contribution < -0.4 is 0 Å². The molecule has 3 nitrogen and oxygen atoms in total. The van der Waals surface area contributed by atoms with Gasteiger partial charge in [0.15, 0.2) is 0 Å². The molecule has 0 amide bonds. The number of hydrogen-bond donors (Lipinski definition) is 1. The van der Waals surface area contributed by atoms with Crippen molar-refractivity contribution >= 4 is 11.8 Å². The first kappa shape index (κ1) is 16.4. The molecule has 0 aromatic carbocycles. The minimum atomic E-state index is -4.21. The maximum Gasteiger partial charge on any atom is 0.441 e. The van der Waals surface area contributed by atoms with Crippen LogP contribution in [-0.2, 0) is 19.4 Å². The summed E-state index contributed by atoms with van der Waals surface area (Å²) in [6.45, 7) is 5.69. The molecule has 1 unspecified atom stereocenters. The van der Waals surface area contributed by atoms with Crippen LogP contribution in [0.25, 0.3) is 0 Å². The average molecular weight is 296 g/mol. The van der Waals surface area contributed by atoms with E-state index in [0.29, 0.717) is 12.8 Å². The maximum absolute atomic E-state index is 12.1. The van der Waals surface area contributed by atoms with Crippen LogP contribution in [-0.4, -0.2) is 26.1 Å². The summed E-state index contributed by atoms with van der Waals surface area (Å²) in [5.41, 5.74) is -1.85. The van der Waals surface area contributed by atoms with Crippen molar-refractivity contribution in [1.29, 1.82) is 0 Å². The highest BCUT2D eigenvalue weighted by molar-refractivity contribution is 8.00. The van der Waals surface area contributed by atoms with Crippen molar-refractivity contribution in [2.24, 2.45) is 0 Å². The lowest BCUT2D eigenvalue weighted by Gasteiger charge is -2.10. The van der Waals surface area contributed by atoms with Gasteiger partial charge in [-0.3, -0.25) is 4.68 Å². The fraction of sp³-hybridized carbons (Fsp3) is 0.750. The molecule has 1 atom stereocenters. The zero-order valence-electron chi connectivity index (χ0n) is 11.3. The number of hydrogen-bond acceptors (Lipinski definition) is 3. The molecule has 0 saturated heterocycles. The molecule has 0 aliphatic carbocycles. The van der Waals surface area contributed by atoms with Crippen LogP contribution >= 0.6 is 11.8 Å². The lowest BCUT2D eigenvalue weighted by Crippen LogP contribution is -2.11. The summed E-state index contributed by atoms with van der Waals surface area (Å²) in [4.78, 5) is 0. The van der Waals surface area contributed by atoms with Crippen molar-refractivity contribution in [3.8, 4) is 0 Å². The zero-order valence-corrected chi connectivity index (χ0v) is 12.1. The third kappa shape index (κ3) is 4.42. The minimum absolute atomic E-state index is 0.0446. The Kier molecular flexibility index (Phi) is 5.73. The number of aromatic nitrogens is 2. The molecule has 0 radical (unpaired) electrons. The smallest absolute Gasteiger partial charge is 0.389 e. The van der Waals surface area contributed by atoms with Gasteiger partial charge in [0.25, 0.3) is 0 Å². The van der Waals surface area contributed by atoms with Crippen molar-refractivity contribution < 1.29 is 18.3 Å². The van der Waals surface area contributed by atoms with Gasteiger partial charge in [0.05, 0.1) is 18.3 Å². The van der Waals surface area contributed by atoms with E-state index in [-0.39, 0.29) is 24.1 Å². The summed E-state index contributed by atoms with van der Waals surface area (Å²) in [5, 5.41) is 14.1. The van der Waals surface area contributed by atoms with Crippen LogP contribution in [0, 0.1) is 0 Å². The van der Waals surface area contributed by atoms with Crippen LogP contribution in [0.5, 0.6) is 0 Å². The molecule has 0 aliphatic heterocycles. The highest BCUT2D eigenvalue weighted by Gasteiger charge is 2.28. The predicted octanol–water partition coefficient (Wildman–Crippen LogP) is 3.31. The first-order valence-corrected chi connectivity index (χ1v) is 7.25. The highest BCUT2D eigenvalue weighted by Crippen LogP contribution is 2.30. The van der Waals surface area contributed by atoms with Gasteiger partial charge in [-0.15, -0.1) is 0 Å². The van der Waals surface area contributed by atoms with Crippen molar-refractivity contribution in [2.45, 2.75) is 51.8 Å². The Morgan fingerprint density at radius 2 is 1.95 bits per heavy atom. The molecular formula is C12H19F3N2OS. The van der Waals surface area contributed by atoms with Gasteiger partial charge in [-0.2, -0.15) is 18.3 Å². The Labute approximate surface area is 115 Å². The Morgan fingerprint density at radius 1 is 1.32 bits per heavy atom. The molecule has 1 rings (SSSR count). The Hall–Kier alpha value is -0.690. The van der Waals surface area contributed by atoms with Crippen LogP contribution in [0.4, 0.5) is 13.2 Å². The van der Waals surface area contributed by atoms with Gasteiger partial charge in [0.1, 0.15) is 0 Å². The molecule has 110 valence electrons. The second-order valence-corrected chi connectivity index (χ2v) is 5.37. The standard InChI is InChI=1S/C12H19F3N2OS/c1-4-9-11(8(3)18)10(5-2)17(16-9)6-7-19-12(13,14)15/h8,18H,4-7H2,1-3H3. The molecule has 0 fully saturated rings. The number of thioether (sulfide) groups is 1. The third-order valence-electron chi connectivity index (χ3n) is 2.83. The summed E-state index contributed by atoms with van der Waals surface area (Å²) in [5.74, 6) is -0.0689. The van der Waals surface area contributed by atoms with Gasteiger partial charge >= 0.3 is 5.51 Å². The molecule has 7 heteroatoms. The highest BCUT2D eigenvalue weighted by atomic mass is 32.2. The van der Waals surface area contributed by atoms with E-state index in [1.54, 1.807) is 11.6 Å². The molecule has 0 aliphatic rings. The van der Waals surface area contributed by atoms with Crippen molar-refractivity contribution in [3.63, 3.8) is 0 Å². The number of rotatable bonds is 6. The molecule has 1 aromatic rings. The molecule has 19 heavy (non-hydrogen) atoms. The van der Waals surface area contributed by atoms with E-state index >= 15 is 0 Å². The molecule has 1 N–H and O–H groups in total. The number of alkyl halides is 3. The van der Waals surface area contributed by atoms with E-state index in [4.69, 9.17) is 0 Å². The average Bonchev–Trinajstić information content (AvgIpc) is 2.65. The monoisotopic (exact) mass is 296 g/mol. The normalized spacial score (nSPS) is 13.8. The lowest BCUT2D eigenvalue weighted by molar-refractivity contribution is -0.0328. The van der Waals surface area contributed by atoms with E-state index in [9.17, 15) is 18.3 Å². The Bertz CT molecular complexity index is 416. The van der Waals surface area contributed by atoms with E-state index in [1.165, 1.54) is 0 Å². The van der Waals surface area contributed by atoms with Crippen molar-refractivity contribution in [3.05, 3.63) is 17.0 Å². The van der Waals surface area contributed by atoms with Crippen LogP contribution in [0.1, 0.15) is 43.8 Å². The molecule has 1 heterocycles. The lowest BCUT2D eigenvalue weighted by atomic mass is 10.0. The van der Waals surface area contributed by atoms with Gasteiger partial charge in [0, 0.05) is 17.0 Å². The van der Waals surface area contributed by atoms with Gasteiger partial charge < -0.3 is 5.11 Å².